The van der Waals surface area contributed by atoms with Crippen LogP contribution in [0.4, 0.5) is 24.5 Å². The van der Waals surface area contributed by atoms with E-state index in [0.29, 0.717) is 22.0 Å². The number of carbonyl (C=O) groups excluding carboxylic acids is 2. The van der Waals surface area contributed by atoms with Crippen molar-refractivity contribution in [2.75, 3.05) is 36.4 Å². The molecule has 9 heteroatoms. The Morgan fingerprint density at radius 2 is 1.53 bits per heavy atom. The molecule has 5 nitrogen and oxygen atoms in total. The molecule has 0 atom stereocenters. The molecule has 1 aliphatic rings. The summed E-state index contributed by atoms with van der Waals surface area (Å²) < 4.78 is 38.1. The number of nitrogens with zero attached hydrogens (tertiary/aromatic N) is 2. The third-order valence-electron chi connectivity index (χ3n) is 5.37. The Kier molecular flexibility index (Phi) is 6.74. The zero-order valence-corrected chi connectivity index (χ0v) is 18.8. The lowest BCUT2D eigenvalue weighted by Crippen LogP contribution is -2.52. The summed E-state index contributed by atoms with van der Waals surface area (Å²) >= 11 is 6.12. The van der Waals surface area contributed by atoms with E-state index in [0.717, 1.165) is 10.5 Å². The van der Waals surface area contributed by atoms with E-state index in [1.54, 1.807) is 30.3 Å². The van der Waals surface area contributed by atoms with Gasteiger partial charge in [0.25, 0.3) is 5.91 Å². The van der Waals surface area contributed by atoms with Crippen LogP contribution in [0.1, 0.15) is 36.7 Å². The van der Waals surface area contributed by atoms with Gasteiger partial charge in [0.15, 0.2) is 0 Å². The monoisotopic (exact) mass is 467 g/mol. The van der Waals surface area contributed by atoms with E-state index < -0.39 is 12.1 Å². The lowest BCUT2D eigenvalue weighted by Gasteiger charge is -2.37. The highest BCUT2D eigenvalue weighted by Gasteiger charge is 2.43. The minimum atomic E-state index is -4.88. The van der Waals surface area contributed by atoms with Gasteiger partial charge in [-0.15, -0.1) is 0 Å². The quantitative estimate of drug-likeness (QED) is 0.683. The van der Waals surface area contributed by atoms with Gasteiger partial charge in [-0.25, -0.2) is 0 Å². The van der Waals surface area contributed by atoms with E-state index in [2.05, 4.69) is 26.1 Å². The molecule has 1 N–H and O–H groups in total. The summed E-state index contributed by atoms with van der Waals surface area (Å²) in [5, 5.41) is 3.27. The van der Waals surface area contributed by atoms with Crippen LogP contribution in [0.25, 0.3) is 0 Å². The second-order valence-electron chi connectivity index (χ2n) is 8.72. The average Bonchev–Trinajstić information content (AvgIpc) is 2.72. The molecular formula is C23H25ClF3N3O2. The molecule has 172 valence electrons. The van der Waals surface area contributed by atoms with Crippen molar-refractivity contribution in [2.45, 2.75) is 32.4 Å². The van der Waals surface area contributed by atoms with E-state index >= 15 is 0 Å². The predicted molar refractivity (Wildman–Crippen MR) is 119 cm³/mol. The smallest absolute Gasteiger partial charge is 0.366 e. The molecule has 0 aliphatic carbocycles. The molecule has 0 bridgehead atoms. The van der Waals surface area contributed by atoms with Gasteiger partial charge in [0.2, 0.25) is 0 Å². The highest BCUT2D eigenvalue weighted by Crippen LogP contribution is 2.31. The summed E-state index contributed by atoms with van der Waals surface area (Å²) in [7, 11) is 0. The third kappa shape index (κ3) is 5.54. The molecule has 0 spiro atoms. The van der Waals surface area contributed by atoms with Gasteiger partial charge in [-0.3, -0.25) is 9.59 Å². The number of piperazine rings is 1. The Hall–Kier alpha value is -2.74. The Labute approximate surface area is 190 Å². The van der Waals surface area contributed by atoms with Gasteiger partial charge in [-0.05, 0) is 41.3 Å². The maximum atomic E-state index is 12.8. The number of alkyl halides is 3. The van der Waals surface area contributed by atoms with Crippen molar-refractivity contribution in [1.29, 1.82) is 0 Å². The Balaban J connectivity index is 1.75. The van der Waals surface area contributed by atoms with Crippen LogP contribution in [0.3, 0.4) is 0 Å². The molecule has 1 fully saturated rings. The molecule has 0 radical (unpaired) electrons. The fourth-order valence-electron chi connectivity index (χ4n) is 3.53. The maximum absolute atomic E-state index is 12.8. The number of hydrogen-bond acceptors (Lipinski definition) is 3. The minimum Gasteiger partial charge on any atom is -0.366 e. The van der Waals surface area contributed by atoms with Gasteiger partial charge in [0.1, 0.15) is 0 Å². The van der Waals surface area contributed by atoms with Crippen molar-refractivity contribution in [3.63, 3.8) is 0 Å². The molecular weight excluding hydrogens is 443 g/mol. The van der Waals surface area contributed by atoms with Crippen LogP contribution < -0.4 is 10.2 Å². The van der Waals surface area contributed by atoms with Crippen molar-refractivity contribution >= 4 is 34.8 Å². The number of amides is 2. The van der Waals surface area contributed by atoms with Gasteiger partial charge >= 0.3 is 12.1 Å². The molecule has 1 saturated heterocycles. The predicted octanol–water partition coefficient (Wildman–Crippen LogP) is 5.10. The van der Waals surface area contributed by atoms with Gasteiger partial charge in [0, 0.05) is 36.8 Å². The summed E-state index contributed by atoms with van der Waals surface area (Å²) in [6.07, 6.45) is -4.88. The Bertz CT molecular complexity index is 993. The summed E-state index contributed by atoms with van der Waals surface area (Å²) in [5.41, 5.74) is 2.63. The average molecular weight is 468 g/mol. The van der Waals surface area contributed by atoms with Crippen molar-refractivity contribution in [3.05, 3.63) is 58.6 Å². The Morgan fingerprint density at radius 1 is 0.938 bits per heavy atom. The summed E-state index contributed by atoms with van der Waals surface area (Å²) in [4.78, 5) is 26.9. The first kappa shape index (κ1) is 23.9. The second-order valence-corrected chi connectivity index (χ2v) is 9.16. The summed E-state index contributed by atoms with van der Waals surface area (Å²) in [5.74, 6) is -2.15. The summed E-state index contributed by atoms with van der Waals surface area (Å²) in [6, 6.07) is 12.3. The van der Waals surface area contributed by atoms with Crippen molar-refractivity contribution in [2.24, 2.45) is 0 Å². The molecule has 3 rings (SSSR count). The number of halogens is 4. The van der Waals surface area contributed by atoms with Gasteiger partial charge in [-0.1, -0.05) is 44.5 Å². The van der Waals surface area contributed by atoms with Gasteiger partial charge in [0.05, 0.1) is 11.4 Å². The fraction of sp³-hybridized carbons (Fsp3) is 0.391. The van der Waals surface area contributed by atoms with Crippen molar-refractivity contribution < 1.29 is 22.8 Å². The second kappa shape index (κ2) is 9.02. The van der Waals surface area contributed by atoms with Crippen LogP contribution in [0.5, 0.6) is 0 Å². The lowest BCUT2D eigenvalue weighted by atomic mass is 9.87. The lowest BCUT2D eigenvalue weighted by molar-refractivity contribution is -0.185. The largest absolute Gasteiger partial charge is 0.471 e. The molecule has 2 aromatic rings. The first-order valence-electron chi connectivity index (χ1n) is 10.2. The van der Waals surface area contributed by atoms with Crippen LogP contribution in [0.2, 0.25) is 5.02 Å². The van der Waals surface area contributed by atoms with Gasteiger partial charge < -0.3 is 15.1 Å². The molecule has 0 aromatic heterocycles. The molecule has 0 unspecified atom stereocenters. The van der Waals surface area contributed by atoms with E-state index in [1.165, 1.54) is 0 Å². The highest BCUT2D eigenvalue weighted by molar-refractivity contribution is 6.31. The van der Waals surface area contributed by atoms with Crippen LogP contribution in [-0.4, -0.2) is 49.1 Å². The first-order chi connectivity index (χ1) is 14.9. The van der Waals surface area contributed by atoms with E-state index in [1.807, 2.05) is 17.0 Å². The minimum absolute atomic E-state index is 0.0369. The maximum Gasteiger partial charge on any atom is 0.471 e. The van der Waals surface area contributed by atoms with E-state index in [4.69, 9.17) is 11.6 Å². The third-order valence-corrected chi connectivity index (χ3v) is 5.61. The fourth-order valence-corrected chi connectivity index (χ4v) is 3.70. The normalized spacial score (nSPS) is 15.0. The zero-order chi connectivity index (χ0) is 23.7. The molecule has 2 aromatic carbocycles. The number of anilines is 2. The van der Waals surface area contributed by atoms with Crippen LogP contribution in [-0.2, 0) is 10.2 Å². The van der Waals surface area contributed by atoms with E-state index in [9.17, 15) is 22.8 Å². The molecule has 1 aliphatic heterocycles. The van der Waals surface area contributed by atoms with Crippen LogP contribution in [0, 0.1) is 0 Å². The van der Waals surface area contributed by atoms with Gasteiger partial charge in [-0.2, -0.15) is 13.2 Å². The van der Waals surface area contributed by atoms with Crippen LogP contribution in [0.15, 0.2) is 42.5 Å². The van der Waals surface area contributed by atoms with Crippen molar-refractivity contribution in [1.82, 2.24) is 4.90 Å². The van der Waals surface area contributed by atoms with Crippen molar-refractivity contribution in [3.8, 4) is 0 Å². The van der Waals surface area contributed by atoms with Crippen LogP contribution >= 0.6 is 11.6 Å². The molecule has 0 saturated carbocycles. The Morgan fingerprint density at radius 3 is 2.06 bits per heavy atom. The standard InChI is InChI=1S/C23H25ClF3N3O2/c1-22(2,3)16-6-4-15(5-7-16)20(31)28-18-14-17(24)8-9-19(18)29-10-12-30(13-11-29)21(32)23(25,26)27/h4-9,14H,10-13H2,1-3H3,(H,28,31). The number of hydrogen-bond donors (Lipinski definition) is 1. The number of carbonyl (C=O) groups is 2. The number of nitrogens with one attached hydrogen (secondary N) is 1. The zero-order valence-electron chi connectivity index (χ0n) is 18.1. The first-order valence-corrected chi connectivity index (χ1v) is 10.6. The highest BCUT2D eigenvalue weighted by atomic mass is 35.5. The molecule has 32 heavy (non-hydrogen) atoms. The molecule has 1 heterocycles. The topological polar surface area (TPSA) is 52.7 Å². The van der Waals surface area contributed by atoms with E-state index in [-0.39, 0.29) is 37.5 Å². The SMILES string of the molecule is CC(C)(C)c1ccc(C(=O)Nc2cc(Cl)ccc2N2CCN(C(=O)C(F)(F)F)CC2)cc1. The summed E-state index contributed by atoms with van der Waals surface area (Å²) in [6.45, 7) is 6.53. The number of benzene rings is 2. The number of rotatable bonds is 3. The molecule has 2 amide bonds.